The highest BCUT2D eigenvalue weighted by molar-refractivity contribution is 7.89. The first kappa shape index (κ1) is 14.4. The lowest BCUT2D eigenvalue weighted by Crippen LogP contribution is -2.51. The highest BCUT2D eigenvalue weighted by Crippen LogP contribution is 2.08. The van der Waals surface area contributed by atoms with E-state index in [9.17, 15) is 13.2 Å². The lowest BCUT2D eigenvalue weighted by atomic mass is 10.3. The van der Waals surface area contributed by atoms with Crippen LogP contribution >= 0.6 is 0 Å². The third-order valence-corrected chi connectivity index (χ3v) is 4.43. The summed E-state index contributed by atoms with van der Waals surface area (Å²) in [6.07, 6.45) is -0.0749. The van der Waals surface area contributed by atoms with Gasteiger partial charge in [0.2, 0.25) is 10.0 Å². The fourth-order valence-corrected chi connectivity index (χ4v) is 3.23. The van der Waals surface area contributed by atoms with Gasteiger partial charge in [0.05, 0.1) is 18.8 Å². The zero-order valence-corrected chi connectivity index (χ0v) is 11.1. The third-order valence-electron chi connectivity index (χ3n) is 2.59. The number of esters is 1. The lowest BCUT2D eigenvalue weighted by molar-refractivity contribution is -0.142. The van der Waals surface area contributed by atoms with E-state index in [4.69, 9.17) is 4.74 Å². The molecule has 0 aromatic rings. The number of rotatable bonds is 5. The van der Waals surface area contributed by atoms with Crippen LogP contribution in [0.5, 0.6) is 0 Å². The predicted octanol–water partition coefficient (Wildman–Crippen LogP) is -0.437. The van der Waals surface area contributed by atoms with Crippen molar-refractivity contribution in [2.75, 3.05) is 32.0 Å². The molecule has 6 nitrogen and oxygen atoms in total. The number of piperazine rings is 1. The standard InChI is InChI=1S/C10H20N2O4S/c1-3-16-10(13)4-7-17(14,15)12-6-5-11-9(2)8-12/h9,11H,3-8H2,1-2H3. The largest absolute Gasteiger partial charge is 0.466 e. The van der Waals surface area contributed by atoms with Gasteiger partial charge in [0.1, 0.15) is 0 Å². The van der Waals surface area contributed by atoms with Gasteiger partial charge in [0.25, 0.3) is 0 Å². The van der Waals surface area contributed by atoms with Gasteiger partial charge in [-0.3, -0.25) is 4.79 Å². The summed E-state index contributed by atoms with van der Waals surface area (Å²) >= 11 is 0. The molecule has 1 atom stereocenters. The first-order valence-corrected chi connectivity index (χ1v) is 7.43. The maximum absolute atomic E-state index is 11.9. The van der Waals surface area contributed by atoms with Gasteiger partial charge in [0.15, 0.2) is 0 Å². The first-order valence-electron chi connectivity index (χ1n) is 5.82. The van der Waals surface area contributed by atoms with Crippen LogP contribution in [0.2, 0.25) is 0 Å². The summed E-state index contributed by atoms with van der Waals surface area (Å²) in [5.74, 6) is -0.627. The second kappa shape index (κ2) is 6.32. The van der Waals surface area contributed by atoms with E-state index in [1.165, 1.54) is 4.31 Å². The van der Waals surface area contributed by atoms with Crippen molar-refractivity contribution in [2.24, 2.45) is 0 Å². The molecule has 0 radical (unpaired) electrons. The Bertz CT molecular complexity index is 355. The van der Waals surface area contributed by atoms with Crippen molar-refractivity contribution in [3.05, 3.63) is 0 Å². The Labute approximate surface area is 102 Å². The smallest absolute Gasteiger partial charge is 0.306 e. The molecule has 1 saturated heterocycles. The summed E-state index contributed by atoms with van der Waals surface area (Å²) in [5.41, 5.74) is 0. The molecule has 0 spiro atoms. The van der Waals surface area contributed by atoms with Gasteiger partial charge < -0.3 is 10.1 Å². The maximum atomic E-state index is 11.9. The number of carbonyl (C=O) groups excluding carboxylic acids is 1. The Morgan fingerprint density at radius 3 is 2.82 bits per heavy atom. The van der Waals surface area contributed by atoms with Gasteiger partial charge >= 0.3 is 5.97 Å². The minimum Gasteiger partial charge on any atom is -0.466 e. The van der Waals surface area contributed by atoms with Crippen LogP contribution in [0.3, 0.4) is 0 Å². The van der Waals surface area contributed by atoms with Crippen LogP contribution in [0.1, 0.15) is 20.3 Å². The number of ether oxygens (including phenoxy) is 1. The Morgan fingerprint density at radius 1 is 1.53 bits per heavy atom. The van der Waals surface area contributed by atoms with E-state index in [1.807, 2.05) is 6.92 Å². The number of carbonyl (C=O) groups is 1. The van der Waals surface area contributed by atoms with Crippen LogP contribution in [-0.4, -0.2) is 56.7 Å². The van der Waals surface area contributed by atoms with E-state index in [0.29, 0.717) is 19.6 Å². The highest BCUT2D eigenvalue weighted by Gasteiger charge is 2.27. The summed E-state index contributed by atoms with van der Waals surface area (Å²) in [7, 11) is -3.34. The molecule has 1 unspecified atom stereocenters. The molecule has 0 aromatic heterocycles. The van der Waals surface area contributed by atoms with Crippen molar-refractivity contribution in [3.63, 3.8) is 0 Å². The van der Waals surface area contributed by atoms with E-state index in [2.05, 4.69) is 5.32 Å². The minimum absolute atomic E-state index is 0.0749. The zero-order chi connectivity index (χ0) is 12.9. The second-order valence-corrected chi connectivity index (χ2v) is 6.17. The van der Waals surface area contributed by atoms with Gasteiger partial charge in [-0.2, -0.15) is 4.31 Å². The fraction of sp³-hybridized carbons (Fsp3) is 0.900. The Balaban J connectivity index is 2.47. The number of nitrogens with one attached hydrogen (secondary N) is 1. The average molecular weight is 264 g/mol. The zero-order valence-electron chi connectivity index (χ0n) is 10.3. The molecular weight excluding hydrogens is 244 g/mol. The van der Waals surface area contributed by atoms with E-state index in [0.717, 1.165) is 0 Å². The molecule has 0 amide bonds. The molecule has 1 rings (SSSR count). The molecule has 0 saturated carbocycles. The summed E-state index contributed by atoms with van der Waals surface area (Å²) in [6, 6.07) is 0.154. The molecule has 1 N–H and O–H groups in total. The van der Waals surface area contributed by atoms with Crippen LogP contribution < -0.4 is 5.32 Å². The molecule has 1 aliphatic heterocycles. The molecule has 0 aromatic carbocycles. The molecular formula is C10H20N2O4S. The molecule has 100 valence electrons. The summed E-state index contributed by atoms with van der Waals surface area (Å²) in [5, 5.41) is 3.17. The molecule has 7 heteroatoms. The summed E-state index contributed by atoms with van der Waals surface area (Å²) < 4.78 is 30.0. The van der Waals surface area contributed by atoms with E-state index in [-0.39, 0.29) is 24.8 Å². The van der Waals surface area contributed by atoms with Gasteiger partial charge in [-0.25, -0.2) is 8.42 Å². The van der Waals surface area contributed by atoms with Crippen LogP contribution in [0.4, 0.5) is 0 Å². The SMILES string of the molecule is CCOC(=O)CCS(=O)(=O)N1CCNC(C)C1. The predicted molar refractivity (Wildman–Crippen MR) is 64.1 cm³/mol. The quantitative estimate of drug-likeness (QED) is 0.682. The van der Waals surface area contributed by atoms with Crippen LogP contribution in [0.25, 0.3) is 0 Å². The molecule has 1 fully saturated rings. The van der Waals surface area contributed by atoms with Crippen molar-refractivity contribution >= 4 is 16.0 Å². The minimum atomic E-state index is -3.34. The van der Waals surface area contributed by atoms with E-state index >= 15 is 0 Å². The lowest BCUT2D eigenvalue weighted by Gasteiger charge is -2.30. The second-order valence-electron chi connectivity index (χ2n) is 4.08. The maximum Gasteiger partial charge on any atom is 0.306 e. The topological polar surface area (TPSA) is 75.7 Å². The summed E-state index contributed by atoms with van der Waals surface area (Å²) in [6.45, 7) is 5.50. The van der Waals surface area contributed by atoms with Crippen molar-refractivity contribution < 1.29 is 17.9 Å². The number of nitrogens with zero attached hydrogens (tertiary/aromatic N) is 1. The van der Waals surface area contributed by atoms with E-state index in [1.54, 1.807) is 6.92 Å². The van der Waals surface area contributed by atoms with Crippen LogP contribution in [-0.2, 0) is 19.6 Å². The monoisotopic (exact) mass is 264 g/mol. The molecule has 1 heterocycles. The Kier molecular flexibility index (Phi) is 5.35. The van der Waals surface area contributed by atoms with Gasteiger partial charge in [-0.05, 0) is 13.8 Å². The van der Waals surface area contributed by atoms with Gasteiger partial charge in [0, 0.05) is 25.7 Å². The molecule has 0 bridgehead atoms. The number of sulfonamides is 1. The third kappa shape index (κ3) is 4.61. The molecule has 17 heavy (non-hydrogen) atoms. The van der Waals surface area contributed by atoms with Gasteiger partial charge in [-0.15, -0.1) is 0 Å². The Hall–Kier alpha value is -0.660. The van der Waals surface area contributed by atoms with E-state index < -0.39 is 16.0 Å². The highest BCUT2D eigenvalue weighted by atomic mass is 32.2. The first-order chi connectivity index (χ1) is 7.95. The Morgan fingerprint density at radius 2 is 2.24 bits per heavy atom. The van der Waals surface area contributed by atoms with Crippen LogP contribution in [0.15, 0.2) is 0 Å². The van der Waals surface area contributed by atoms with Crippen molar-refractivity contribution in [1.29, 1.82) is 0 Å². The molecule has 1 aliphatic rings. The molecule has 0 aliphatic carbocycles. The van der Waals surface area contributed by atoms with Gasteiger partial charge in [-0.1, -0.05) is 0 Å². The summed E-state index contributed by atoms with van der Waals surface area (Å²) in [4.78, 5) is 11.1. The number of hydrogen-bond donors (Lipinski definition) is 1. The van der Waals surface area contributed by atoms with Crippen LogP contribution in [0, 0.1) is 0 Å². The van der Waals surface area contributed by atoms with Crippen molar-refractivity contribution in [2.45, 2.75) is 26.3 Å². The van der Waals surface area contributed by atoms with Crippen molar-refractivity contribution in [1.82, 2.24) is 9.62 Å². The fourth-order valence-electron chi connectivity index (χ4n) is 1.72. The normalized spacial score (nSPS) is 22.4. The van der Waals surface area contributed by atoms with Crippen molar-refractivity contribution in [3.8, 4) is 0 Å². The number of hydrogen-bond acceptors (Lipinski definition) is 5. The average Bonchev–Trinajstić information content (AvgIpc) is 2.27.